The van der Waals surface area contributed by atoms with E-state index in [2.05, 4.69) is 4.72 Å². The number of rotatable bonds is 5. The molecule has 0 radical (unpaired) electrons. The second-order valence-corrected chi connectivity index (χ2v) is 6.21. The van der Waals surface area contributed by atoms with Crippen LogP contribution in [0.4, 0.5) is 4.39 Å². The Morgan fingerprint density at radius 2 is 2.05 bits per heavy atom. The first-order valence-electron chi connectivity index (χ1n) is 6.09. The average molecular weight is 288 g/mol. The van der Waals surface area contributed by atoms with Crippen LogP contribution in [0.25, 0.3) is 0 Å². The minimum Gasteiger partial charge on any atom is -0.377 e. The molecule has 2 rings (SSSR count). The molecule has 1 saturated carbocycles. The predicted molar refractivity (Wildman–Crippen MR) is 68.5 cm³/mol. The molecule has 0 saturated heterocycles. The molecule has 0 amide bonds. The number of nitrogens with two attached hydrogens (primary N) is 1. The zero-order valence-corrected chi connectivity index (χ0v) is 11.4. The fourth-order valence-electron chi connectivity index (χ4n) is 2.05. The molecular formula is C12H17FN2O3S. The first-order chi connectivity index (χ1) is 8.94. The van der Waals surface area contributed by atoms with E-state index < -0.39 is 21.9 Å². The Morgan fingerprint density at radius 1 is 1.42 bits per heavy atom. The van der Waals surface area contributed by atoms with E-state index in [1.165, 1.54) is 12.1 Å². The number of ether oxygens (including phenoxy) is 1. The van der Waals surface area contributed by atoms with E-state index in [1.54, 1.807) is 0 Å². The van der Waals surface area contributed by atoms with Crippen molar-refractivity contribution in [3.63, 3.8) is 0 Å². The van der Waals surface area contributed by atoms with Gasteiger partial charge >= 0.3 is 0 Å². The van der Waals surface area contributed by atoms with Gasteiger partial charge in [0.25, 0.3) is 0 Å². The van der Waals surface area contributed by atoms with Crippen molar-refractivity contribution in [1.29, 1.82) is 0 Å². The highest BCUT2D eigenvalue weighted by Gasteiger charge is 2.41. The zero-order chi connectivity index (χ0) is 14.0. The van der Waals surface area contributed by atoms with Gasteiger partial charge < -0.3 is 10.5 Å². The quantitative estimate of drug-likeness (QED) is 0.831. The lowest BCUT2D eigenvalue weighted by molar-refractivity contribution is -0.0248. The van der Waals surface area contributed by atoms with E-state index >= 15 is 0 Å². The summed E-state index contributed by atoms with van der Waals surface area (Å²) in [5.74, 6) is -0.480. The van der Waals surface area contributed by atoms with Gasteiger partial charge in [-0.05, 0) is 37.6 Å². The van der Waals surface area contributed by atoms with E-state index in [-0.39, 0.29) is 17.0 Å². The highest BCUT2D eigenvalue weighted by molar-refractivity contribution is 7.89. The van der Waals surface area contributed by atoms with Crippen molar-refractivity contribution in [1.82, 2.24) is 4.72 Å². The van der Waals surface area contributed by atoms with Crippen LogP contribution in [0, 0.1) is 5.82 Å². The van der Waals surface area contributed by atoms with Crippen LogP contribution >= 0.6 is 0 Å². The number of hydrogen-bond acceptors (Lipinski definition) is 4. The third kappa shape index (κ3) is 3.11. The molecule has 1 aromatic rings. The van der Waals surface area contributed by atoms with Gasteiger partial charge in [-0.25, -0.2) is 17.5 Å². The van der Waals surface area contributed by atoms with E-state index in [1.807, 2.05) is 6.92 Å². The van der Waals surface area contributed by atoms with Crippen LogP contribution in [-0.4, -0.2) is 33.2 Å². The Kier molecular flexibility index (Phi) is 4.19. The molecule has 0 bridgehead atoms. The predicted octanol–water partition coefficient (Wildman–Crippen LogP) is 0.609. The number of benzene rings is 1. The molecule has 1 fully saturated rings. The molecule has 0 aromatic heterocycles. The second-order valence-electron chi connectivity index (χ2n) is 4.49. The summed E-state index contributed by atoms with van der Waals surface area (Å²) in [6.07, 6.45) is 0.431. The van der Waals surface area contributed by atoms with Crippen LogP contribution in [0.2, 0.25) is 0 Å². The zero-order valence-electron chi connectivity index (χ0n) is 10.5. The molecular weight excluding hydrogens is 271 g/mol. The van der Waals surface area contributed by atoms with Crippen molar-refractivity contribution >= 4 is 10.0 Å². The van der Waals surface area contributed by atoms with Crippen LogP contribution in [0.3, 0.4) is 0 Å². The fraction of sp³-hybridized carbons (Fsp3) is 0.500. The molecule has 1 aliphatic carbocycles. The third-order valence-electron chi connectivity index (χ3n) is 3.16. The molecule has 19 heavy (non-hydrogen) atoms. The minimum atomic E-state index is -3.70. The molecule has 1 aliphatic rings. The molecule has 0 spiro atoms. The summed E-state index contributed by atoms with van der Waals surface area (Å²) in [5.41, 5.74) is 5.79. The monoisotopic (exact) mass is 288 g/mol. The summed E-state index contributed by atoms with van der Waals surface area (Å²) >= 11 is 0. The van der Waals surface area contributed by atoms with Gasteiger partial charge in [0.1, 0.15) is 5.82 Å². The molecule has 0 heterocycles. The van der Waals surface area contributed by atoms with Gasteiger partial charge in [-0.1, -0.05) is 0 Å². The van der Waals surface area contributed by atoms with E-state index in [0.717, 1.165) is 12.1 Å². The van der Waals surface area contributed by atoms with E-state index in [0.29, 0.717) is 13.0 Å². The number of halogens is 1. The maximum absolute atomic E-state index is 12.8. The van der Waals surface area contributed by atoms with Crippen molar-refractivity contribution in [3.05, 3.63) is 30.1 Å². The first-order valence-corrected chi connectivity index (χ1v) is 7.57. The van der Waals surface area contributed by atoms with Crippen LogP contribution < -0.4 is 10.5 Å². The molecule has 3 unspecified atom stereocenters. The number of nitrogens with one attached hydrogen (secondary N) is 1. The lowest BCUT2D eigenvalue weighted by Gasteiger charge is -2.42. The third-order valence-corrected chi connectivity index (χ3v) is 4.64. The van der Waals surface area contributed by atoms with Gasteiger partial charge in [0.15, 0.2) is 0 Å². The smallest absolute Gasteiger partial charge is 0.240 e. The van der Waals surface area contributed by atoms with Gasteiger partial charge in [-0.2, -0.15) is 0 Å². The summed E-state index contributed by atoms with van der Waals surface area (Å²) in [6.45, 7) is 2.35. The Balaban J connectivity index is 2.10. The first kappa shape index (κ1) is 14.4. The molecule has 0 aliphatic heterocycles. The lowest BCUT2D eigenvalue weighted by atomic mass is 9.84. The Bertz CT molecular complexity index is 530. The Labute approximate surface area is 112 Å². The van der Waals surface area contributed by atoms with Crippen molar-refractivity contribution < 1.29 is 17.5 Å². The Hall–Kier alpha value is -1.02. The van der Waals surface area contributed by atoms with Gasteiger partial charge in [0.2, 0.25) is 10.0 Å². The maximum Gasteiger partial charge on any atom is 0.240 e. The summed E-state index contributed by atoms with van der Waals surface area (Å²) in [5, 5.41) is 0. The molecule has 3 N–H and O–H groups in total. The lowest BCUT2D eigenvalue weighted by Crippen LogP contribution is -2.64. The summed E-state index contributed by atoms with van der Waals surface area (Å²) < 4.78 is 44.9. The average Bonchev–Trinajstić information content (AvgIpc) is 2.37. The van der Waals surface area contributed by atoms with Gasteiger partial charge in [-0.3, -0.25) is 0 Å². The fourth-order valence-corrected chi connectivity index (χ4v) is 3.37. The van der Waals surface area contributed by atoms with Crippen LogP contribution in [0.15, 0.2) is 29.2 Å². The van der Waals surface area contributed by atoms with Gasteiger partial charge in [-0.15, -0.1) is 0 Å². The summed E-state index contributed by atoms with van der Waals surface area (Å²) in [7, 11) is -3.70. The summed E-state index contributed by atoms with van der Waals surface area (Å²) in [6, 6.07) is 3.96. The van der Waals surface area contributed by atoms with E-state index in [9.17, 15) is 12.8 Å². The number of sulfonamides is 1. The Morgan fingerprint density at radius 3 is 2.58 bits per heavy atom. The molecule has 106 valence electrons. The van der Waals surface area contributed by atoms with Crippen molar-refractivity contribution in [3.8, 4) is 0 Å². The van der Waals surface area contributed by atoms with Crippen molar-refractivity contribution in [2.24, 2.45) is 5.73 Å². The highest BCUT2D eigenvalue weighted by atomic mass is 32.2. The topological polar surface area (TPSA) is 81.4 Å². The maximum atomic E-state index is 12.8. The highest BCUT2D eigenvalue weighted by Crippen LogP contribution is 2.24. The molecule has 1 aromatic carbocycles. The minimum absolute atomic E-state index is 0.0169. The van der Waals surface area contributed by atoms with Crippen LogP contribution in [0.5, 0.6) is 0 Å². The van der Waals surface area contributed by atoms with E-state index in [4.69, 9.17) is 10.5 Å². The molecule has 5 nitrogen and oxygen atoms in total. The van der Waals surface area contributed by atoms with Gasteiger partial charge in [0.05, 0.1) is 17.0 Å². The van der Waals surface area contributed by atoms with Crippen molar-refractivity contribution in [2.45, 2.75) is 36.4 Å². The SMILES string of the molecule is CCOC1CC(N)C1NS(=O)(=O)c1ccc(F)cc1. The molecule has 3 atom stereocenters. The largest absolute Gasteiger partial charge is 0.377 e. The standard InChI is InChI=1S/C12H17FN2O3S/c1-2-18-11-7-10(14)12(11)15-19(16,17)9-5-3-8(13)4-6-9/h3-6,10-12,15H,2,7,14H2,1H3. The number of hydrogen-bond donors (Lipinski definition) is 2. The van der Waals surface area contributed by atoms with Crippen molar-refractivity contribution in [2.75, 3.05) is 6.61 Å². The summed E-state index contributed by atoms with van der Waals surface area (Å²) in [4.78, 5) is 0.0169. The van der Waals surface area contributed by atoms with Crippen LogP contribution in [0.1, 0.15) is 13.3 Å². The second kappa shape index (κ2) is 5.54. The molecule has 7 heteroatoms. The van der Waals surface area contributed by atoms with Crippen LogP contribution in [-0.2, 0) is 14.8 Å². The normalized spacial score (nSPS) is 27.0. The van der Waals surface area contributed by atoms with Gasteiger partial charge in [0, 0.05) is 12.6 Å².